The molecule has 0 aliphatic heterocycles. The highest BCUT2D eigenvalue weighted by molar-refractivity contribution is 6.03. The van der Waals surface area contributed by atoms with E-state index >= 15 is 0 Å². The summed E-state index contributed by atoms with van der Waals surface area (Å²) in [5.74, 6) is -1.05. The minimum atomic E-state index is -0.426. The molecular weight excluding hydrogens is 380 g/mol. The summed E-state index contributed by atoms with van der Waals surface area (Å²) < 4.78 is 1.42. The maximum absolute atomic E-state index is 13.2. The third-order valence-corrected chi connectivity index (χ3v) is 5.72. The highest BCUT2D eigenvalue weighted by atomic mass is 16.2. The van der Waals surface area contributed by atoms with E-state index in [1.165, 1.54) is 10.9 Å². The monoisotopic (exact) mass is 402 g/mol. The molecule has 0 spiro atoms. The molecule has 8 heteroatoms. The molecule has 1 fully saturated rings. The summed E-state index contributed by atoms with van der Waals surface area (Å²) in [6, 6.07) is 11.3. The Balaban J connectivity index is 1.52. The van der Waals surface area contributed by atoms with Crippen LogP contribution in [0.2, 0.25) is 0 Å². The van der Waals surface area contributed by atoms with Crippen LogP contribution < -0.4 is 5.32 Å². The van der Waals surface area contributed by atoms with Crippen molar-refractivity contribution in [3.05, 3.63) is 54.0 Å². The van der Waals surface area contributed by atoms with Crippen LogP contribution in [0.4, 0.5) is 5.69 Å². The molecule has 8 nitrogen and oxygen atoms in total. The van der Waals surface area contributed by atoms with Gasteiger partial charge in [0.1, 0.15) is 6.07 Å². The van der Waals surface area contributed by atoms with E-state index in [4.69, 9.17) is 0 Å². The van der Waals surface area contributed by atoms with E-state index in [0.717, 1.165) is 24.1 Å². The lowest BCUT2D eigenvalue weighted by atomic mass is 9.75. The summed E-state index contributed by atoms with van der Waals surface area (Å²) in [4.78, 5) is 26.2. The van der Waals surface area contributed by atoms with Crippen LogP contribution in [0.3, 0.4) is 0 Å². The fourth-order valence-electron chi connectivity index (χ4n) is 4.09. The van der Waals surface area contributed by atoms with E-state index < -0.39 is 5.92 Å². The Bertz CT molecular complexity index is 1090. The van der Waals surface area contributed by atoms with E-state index in [1.807, 2.05) is 24.3 Å². The molecule has 1 aliphatic rings. The number of rotatable bonds is 5. The molecule has 2 unspecified atom stereocenters. The zero-order valence-electron chi connectivity index (χ0n) is 16.6. The maximum atomic E-state index is 13.2. The number of Topliss-reactive ketones (excluding diaryl/α,β-unsaturated/α-hetero) is 1. The van der Waals surface area contributed by atoms with Gasteiger partial charge >= 0.3 is 0 Å². The number of carbonyl (C=O) groups is 2. The average Bonchev–Trinajstić information content (AvgIpc) is 3.43. The van der Waals surface area contributed by atoms with Crippen molar-refractivity contribution in [2.45, 2.75) is 25.7 Å². The standard InChI is InChI=1S/C22H22N6O2/c1-28-20(12-23)19(13-25-28)26-22(30)17-5-3-2-4-16(17)21(29)15-8-6-14(7-9-15)18-10-11-24-27-18/h6-11,13,16-17H,2-5H2,1H3,(H,24,27)(H,26,30). The van der Waals surface area contributed by atoms with E-state index in [0.29, 0.717) is 24.1 Å². The van der Waals surface area contributed by atoms with Gasteiger partial charge in [0, 0.05) is 30.6 Å². The van der Waals surface area contributed by atoms with E-state index in [-0.39, 0.29) is 23.3 Å². The molecule has 1 amide bonds. The Morgan fingerprint density at radius 2 is 1.90 bits per heavy atom. The van der Waals surface area contributed by atoms with Gasteiger partial charge in [-0.2, -0.15) is 15.5 Å². The number of amides is 1. The van der Waals surface area contributed by atoms with Gasteiger partial charge in [-0.1, -0.05) is 37.1 Å². The Kier molecular flexibility index (Phi) is 5.44. The number of anilines is 1. The number of hydrogen-bond donors (Lipinski definition) is 2. The number of nitrogens with one attached hydrogen (secondary N) is 2. The number of benzene rings is 1. The number of aryl methyl sites for hydroxylation is 1. The Morgan fingerprint density at radius 1 is 1.17 bits per heavy atom. The van der Waals surface area contributed by atoms with Gasteiger partial charge in [-0.05, 0) is 24.5 Å². The number of nitrogens with zero attached hydrogens (tertiary/aromatic N) is 4. The summed E-state index contributed by atoms with van der Waals surface area (Å²) in [5.41, 5.74) is 3.10. The number of ketones is 1. The average molecular weight is 402 g/mol. The van der Waals surface area contributed by atoms with Gasteiger partial charge in [0.25, 0.3) is 0 Å². The van der Waals surface area contributed by atoms with Gasteiger partial charge in [0.05, 0.1) is 17.6 Å². The van der Waals surface area contributed by atoms with Crippen LogP contribution in [0.15, 0.2) is 42.7 Å². The first-order valence-corrected chi connectivity index (χ1v) is 9.95. The molecule has 4 rings (SSSR count). The number of aromatic nitrogens is 4. The first-order chi connectivity index (χ1) is 14.6. The van der Waals surface area contributed by atoms with Crippen molar-refractivity contribution in [2.24, 2.45) is 18.9 Å². The molecule has 1 aliphatic carbocycles. The molecule has 3 aromatic rings. The highest BCUT2D eigenvalue weighted by Crippen LogP contribution is 2.34. The lowest BCUT2D eigenvalue weighted by Gasteiger charge is -2.29. The molecule has 0 radical (unpaired) electrons. The normalized spacial score (nSPS) is 18.5. The van der Waals surface area contributed by atoms with Gasteiger partial charge in [-0.25, -0.2) is 0 Å². The van der Waals surface area contributed by atoms with Crippen LogP contribution in [0, 0.1) is 23.2 Å². The minimum absolute atomic E-state index is 0.0160. The van der Waals surface area contributed by atoms with Gasteiger partial charge in [-0.15, -0.1) is 0 Å². The van der Waals surface area contributed by atoms with Crippen molar-refractivity contribution in [3.8, 4) is 17.3 Å². The Morgan fingerprint density at radius 3 is 2.57 bits per heavy atom. The lowest BCUT2D eigenvalue weighted by Crippen LogP contribution is -2.36. The quantitative estimate of drug-likeness (QED) is 0.635. The smallest absolute Gasteiger partial charge is 0.228 e. The predicted molar refractivity (Wildman–Crippen MR) is 110 cm³/mol. The Hall–Kier alpha value is -3.73. The predicted octanol–water partition coefficient (Wildman–Crippen LogP) is 3.31. The zero-order chi connectivity index (χ0) is 21.1. The second kappa shape index (κ2) is 8.33. The molecule has 2 atom stereocenters. The third-order valence-electron chi connectivity index (χ3n) is 5.72. The molecule has 1 saturated carbocycles. The Labute approximate surface area is 173 Å². The van der Waals surface area contributed by atoms with Crippen molar-refractivity contribution in [1.82, 2.24) is 20.0 Å². The molecule has 2 aromatic heterocycles. The summed E-state index contributed by atoms with van der Waals surface area (Å²) in [7, 11) is 1.65. The second-order valence-electron chi connectivity index (χ2n) is 7.54. The lowest BCUT2D eigenvalue weighted by molar-refractivity contribution is -0.122. The summed E-state index contributed by atoms with van der Waals surface area (Å²) in [6.45, 7) is 0. The van der Waals surface area contributed by atoms with E-state index in [1.54, 1.807) is 25.4 Å². The maximum Gasteiger partial charge on any atom is 0.228 e. The molecule has 152 valence electrons. The topological polar surface area (TPSA) is 116 Å². The number of hydrogen-bond acceptors (Lipinski definition) is 5. The van der Waals surface area contributed by atoms with E-state index in [9.17, 15) is 14.9 Å². The first-order valence-electron chi connectivity index (χ1n) is 9.95. The minimum Gasteiger partial charge on any atom is -0.322 e. The van der Waals surface area contributed by atoms with Crippen molar-refractivity contribution in [3.63, 3.8) is 0 Å². The molecule has 1 aromatic carbocycles. The largest absolute Gasteiger partial charge is 0.322 e. The van der Waals surface area contributed by atoms with Crippen molar-refractivity contribution in [2.75, 3.05) is 5.32 Å². The van der Waals surface area contributed by atoms with Crippen LogP contribution in [0.5, 0.6) is 0 Å². The highest BCUT2D eigenvalue weighted by Gasteiger charge is 2.36. The second-order valence-corrected chi connectivity index (χ2v) is 7.54. The first kappa shape index (κ1) is 19.6. The fourth-order valence-corrected chi connectivity index (χ4v) is 4.09. The van der Waals surface area contributed by atoms with Gasteiger partial charge in [0.15, 0.2) is 11.5 Å². The molecule has 2 heterocycles. The van der Waals surface area contributed by atoms with Gasteiger partial charge in [0.2, 0.25) is 5.91 Å². The van der Waals surface area contributed by atoms with Gasteiger partial charge < -0.3 is 5.32 Å². The molecule has 30 heavy (non-hydrogen) atoms. The van der Waals surface area contributed by atoms with Crippen molar-refractivity contribution in [1.29, 1.82) is 5.26 Å². The molecule has 2 N–H and O–H groups in total. The van der Waals surface area contributed by atoms with E-state index in [2.05, 4.69) is 20.6 Å². The molecular formula is C22H22N6O2. The van der Waals surface area contributed by atoms with Gasteiger partial charge in [-0.3, -0.25) is 19.4 Å². The third kappa shape index (κ3) is 3.74. The van der Waals surface area contributed by atoms with Crippen LogP contribution in [0.25, 0.3) is 11.3 Å². The van der Waals surface area contributed by atoms with Crippen LogP contribution in [-0.2, 0) is 11.8 Å². The van der Waals surface area contributed by atoms with Crippen molar-refractivity contribution < 1.29 is 9.59 Å². The molecule has 0 bridgehead atoms. The summed E-state index contributed by atoms with van der Waals surface area (Å²) in [5, 5.41) is 22.9. The number of nitriles is 1. The molecule has 0 saturated heterocycles. The number of H-pyrrole nitrogens is 1. The fraction of sp³-hybridized carbons (Fsp3) is 0.318. The zero-order valence-corrected chi connectivity index (χ0v) is 16.6. The summed E-state index contributed by atoms with van der Waals surface area (Å²) in [6.07, 6.45) is 6.29. The van der Waals surface area contributed by atoms with Crippen LogP contribution >= 0.6 is 0 Å². The SMILES string of the molecule is Cn1ncc(NC(=O)C2CCCCC2C(=O)c2ccc(-c3ccn[nH]3)cc2)c1C#N. The van der Waals surface area contributed by atoms with Crippen LogP contribution in [-0.4, -0.2) is 31.7 Å². The van der Waals surface area contributed by atoms with Crippen LogP contribution in [0.1, 0.15) is 41.7 Å². The number of carbonyl (C=O) groups excluding carboxylic acids is 2. The number of aromatic amines is 1. The summed E-state index contributed by atoms with van der Waals surface area (Å²) >= 11 is 0. The van der Waals surface area contributed by atoms with Crippen molar-refractivity contribution >= 4 is 17.4 Å².